The highest BCUT2D eigenvalue weighted by molar-refractivity contribution is 5.96. The van der Waals surface area contributed by atoms with Crippen LogP contribution in [0.2, 0.25) is 0 Å². The van der Waals surface area contributed by atoms with E-state index in [0.717, 1.165) is 0 Å². The highest BCUT2D eigenvalue weighted by Crippen LogP contribution is 2.16. The number of aliphatic hydroxyl groups is 6. The quantitative estimate of drug-likeness (QED) is 0.0159. The van der Waals surface area contributed by atoms with Gasteiger partial charge in [-0.1, -0.05) is 48.5 Å². The number of methoxy groups -OCH3 is 3. The minimum atomic E-state index is -0.552. The normalized spacial score (nSPS) is 9.51. The molecule has 0 aliphatic carbocycles. The molecule has 0 fully saturated rings. The van der Waals surface area contributed by atoms with Crippen molar-refractivity contribution in [1.29, 1.82) is 0 Å². The van der Waals surface area contributed by atoms with E-state index < -0.39 is 29.8 Å². The van der Waals surface area contributed by atoms with Gasteiger partial charge in [0.25, 0.3) is 5.91 Å². The summed E-state index contributed by atoms with van der Waals surface area (Å²) in [7, 11) is 5.95. The lowest BCUT2D eigenvalue weighted by atomic mass is 10.2. The van der Waals surface area contributed by atoms with E-state index in [0.29, 0.717) is 58.6 Å². The average Bonchev–Trinajstić information content (AvgIpc) is 2.09. The molecule has 3 aromatic heterocycles. The number of nitrogens with one attached hydrogen (secondary N) is 1. The molecule has 0 bridgehead atoms. The molecule has 28 nitrogen and oxygen atoms in total. The second kappa shape index (κ2) is 54.3. The third kappa shape index (κ3) is 38.0. The Kier molecular flexibility index (Phi) is 46.9. The van der Waals surface area contributed by atoms with Crippen molar-refractivity contribution in [3.8, 4) is 17.2 Å². The SMILES string of the molecule is CNC(=O)c1ccccc1O.COC(=O)c1ccco1.COc1ccc(C(=O)OCCCO)cc1.COc1ccc(C(=O)OCCO)cc1.O=C(OCCCO)c1ccccc1.O=C(OCCCO)c1ccco1.O=C(OCCO)c1ccccc1.O=C(OCCO)c1ccco1. The number of phenols is 1. The lowest BCUT2D eigenvalue weighted by Crippen LogP contribution is -2.17. The van der Waals surface area contributed by atoms with Crippen LogP contribution in [-0.4, -0.2) is 191 Å². The summed E-state index contributed by atoms with van der Waals surface area (Å²) in [6.07, 6.45) is 5.61. The highest BCUT2D eigenvalue weighted by Gasteiger charge is 2.12. The Morgan fingerprint density at radius 3 is 0.928 bits per heavy atom. The van der Waals surface area contributed by atoms with Crippen LogP contribution < -0.4 is 14.8 Å². The van der Waals surface area contributed by atoms with Crippen LogP contribution in [0.15, 0.2) is 202 Å². The maximum Gasteiger partial charge on any atom is 0.374 e. The zero-order valence-corrected chi connectivity index (χ0v) is 53.8. The van der Waals surface area contributed by atoms with Crippen LogP contribution in [0, 0.1) is 0 Å². The lowest BCUT2D eigenvalue weighted by molar-refractivity contribution is 0.0395. The molecular weight excluding hydrogens is 1270 g/mol. The zero-order valence-electron chi connectivity index (χ0n) is 53.8. The van der Waals surface area contributed by atoms with Gasteiger partial charge in [0.1, 0.15) is 37.1 Å². The van der Waals surface area contributed by atoms with Crippen molar-refractivity contribution in [1.82, 2.24) is 5.32 Å². The number of hydrogen-bond donors (Lipinski definition) is 8. The van der Waals surface area contributed by atoms with E-state index in [1.54, 1.807) is 154 Å². The van der Waals surface area contributed by atoms with Crippen molar-refractivity contribution in [3.63, 3.8) is 0 Å². The summed E-state index contributed by atoms with van der Waals surface area (Å²) in [5, 5.41) is 62.1. The van der Waals surface area contributed by atoms with E-state index >= 15 is 0 Å². The standard InChI is InChI=1S/C11H14O4.C10H12O4.C10H12O3.C9H10O3.C8H9NO2.C8H10O4.C7H8O4.C6H6O3/c1-14-10-5-3-9(4-6-10)11(13)15-8-2-7-12;1-13-9-4-2-8(3-5-9)10(12)14-7-6-11;11-7-4-8-13-10(12)9-5-2-1-3-6-9;10-6-7-12-9(11)8-4-2-1-3-5-8;1-9-8(11)6-4-2-3-5-7(6)10;9-4-2-6-12-8(10)7-3-1-5-11-7;8-3-5-11-7(9)6-2-1-4-10-6;1-8-6(7)5-3-2-4-9-5/h3-6,12H,2,7-8H2,1H3;2-5,11H,6-7H2,1H3;1-3,5-6,11H,4,7-8H2;1-5,10H,6-7H2;2-5,10H,1H3,(H,9,11);1,3,5,9H,2,4,6H2;1-2,4,8H,3,5H2;2-4H,1H3. The summed E-state index contributed by atoms with van der Waals surface area (Å²) in [6, 6.07) is 46.5. The topological polar surface area (TPSA) is 413 Å². The first kappa shape index (κ1) is 83.9. The summed E-state index contributed by atoms with van der Waals surface area (Å²) in [6.45, 7) is 0.399. The Morgan fingerprint density at radius 1 is 0.340 bits per heavy atom. The molecule has 0 radical (unpaired) electrons. The van der Waals surface area contributed by atoms with Gasteiger partial charge in [0.2, 0.25) is 17.3 Å². The molecule has 28 heteroatoms. The molecule has 3 heterocycles. The molecule has 97 heavy (non-hydrogen) atoms. The van der Waals surface area contributed by atoms with Gasteiger partial charge in [0.15, 0.2) is 0 Å². The van der Waals surface area contributed by atoms with Crippen molar-refractivity contribution in [3.05, 3.63) is 234 Å². The molecule has 0 saturated carbocycles. The molecule has 524 valence electrons. The number of furan rings is 3. The number of benzene rings is 5. The smallest absolute Gasteiger partial charge is 0.374 e. The van der Waals surface area contributed by atoms with E-state index in [4.69, 9.17) is 77.4 Å². The number of ether oxygens (including phenoxy) is 9. The fourth-order valence-electron chi connectivity index (χ4n) is 6.27. The molecule has 0 atom stereocenters. The van der Waals surface area contributed by atoms with Crippen LogP contribution in [0.3, 0.4) is 0 Å². The number of aliphatic hydroxyl groups excluding tert-OH is 6. The van der Waals surface area contributed by atoms with E-state index in [2.05, 4.69) is 19.5 Å². The third-order valence-corrected chi connectivity index (χ3v) is 11.0. The van der Waals surface area contributed by atoms with Crippen molar-refractivity contribution >= 4 is 47.7 Å². The van der Waals surface area contributed by atoms with Gasteiger partial charge >= 0.3 is 41.8 Å². The number of carbonyl (C=O) groups excluding carboxylic acids is 8. The van der Waals surface area contributed by atoms with E-state index in [1.165, 1.54) is 51.1 Å². The Balaban J connectivity index is 0.000000556. The third-order valence-electron chi connectivity index (χ3n) is 11.0. The lowest BCUT2D eigenvalue weighted by Gasteiger charge is -2.04. The fourth-order valence-corrected chi connectivity index (χ4v) is 6.27. The minimum absolute atomic E-state index is 0.000463. The summed E-state index contributed by atoms with van der Waals surface area (Å²) < 4.78 is 57.0. The number of para-hydroxylation sites is 1. The summed E-state index contributed by atoms with van der Waals surface area (Å²) in [5.41, 5.74) is 2.27. The van der Waals surface area contributed by atoms with Crippen molar-refractivity contribution in [2.75, 3.05) is 108 Å². The van der Waals surface area contributed by atoms with Crippen LogP contribution in [0.5, 0.6) is 17.2 Å². The zero-order chi connectivity index (χ0) is 71.7. The van der Waals surface area contributed by atoms with E-state index in [9.17, 15) is 38.4 Å². The van der Waals surface area contributed by atoms with Gasteiger partial charge in [-0.05, 0) is 121 Å². The van der Waals surface area contributed by atoms with Crippen LogP contribution in [0.4, 0.5) is 0 Å². The molecule has 0 spiro atoms. The maximum absolute atomic E-state index is 11.4. The van der Waals surface area contributed by atoms with Gasteiger partial charge in [0.05, 0.1) is 108 Å². The number of carbonyl (C=O) groups is 8. The molecule has 8 N–H and O–H groups in total. The first-order valence-electron chi connectivity index (χ1n) is 29.3. The monoisotopic (exact) mass is 1360 g/mol. The molecule has 0 saturated heterocycles. The van der Waals surface area contributed by atoms with Gasteiger partial charge in [-0.15, -0.1) is 0 Å². The van der Waals surface area contributed by atoms with Crippen LogP contribution in [-0.2, 0) is 33.2 Å². The number of esters is 7. The molecule has 0 unspecified atom stereocenters. The van der Waals surface area contributed by atoms with Gasteiger partial charge in [-0.2, -0.15) is 0 Å². The van der Waals surface area contributed by atoms with Crippen molar-refractivity contribution < 1.29 is 130 Å². The number of amides is 1. The summed E-state index contributed by atoms with van der Waals surface area (Å²) in [4.78, 5) is 88.2. The predicted molar refractivity (Wildman–Crippen MR) is 346 cm³/mol. The number of hydrogen-bond acceptors (Lipinski definition) is 27. The van der Waals surface area contributed by atoms with Gasteiger partial charge < -0.3 is 96.9 Å². The maximum atomic E-state index is 11.4. The Bertz CT molecular complexity index is 3340. The number of rotatable bonds is 25. The Hall–Kier alpha value is -11.1. The molecular formula is C69H81NO27. The highest BCUT2D eigenvalue weighted by atomic mass is 16.6. The molecule has 0 aliphatic rings. The predicted octanol–water partition coefficient (Wildman–Crippen LogP) is 7.21. The first-order valence-corrected chi connectivity index (χ1v) is 29.3. The van der Waals surface area contributed by atoms with Crippen LogP contribution >= 0.6 is 0 Å². The van der Waals surface area contributed by atoms with E-state index in [1.807, 2.05) is 12.1 Å². The minimum Gasteiger partial charge on any atom is -0.507 e. The molecule has 5 aromatic carbocycles. The van der Waals surface area contributed by atoms with Gasteiger partial charge in [-0.3, -0.25) is 4.79 Å². The average molecular weight is 1360 g/mol. The van der Waals surface area contributed by atoms with Crippen molar-refractivity contribution in [2.24, 2.45) is 0 Å². The largest absolute Gasteiger partial charge is 0.507 e. The number of phenolic OH excluding ortho intramolecular Hbond substituents is 1. The Morgan fingerprint density at radius 2 is 0.639 bits per heavy atom. The second-order valence-corrected chi connectivity index (χ2v) is 17.9. The molecule has 8 rings (SSSR count). The summed E-state index contributed by atoms with van der Waals surface area (Å²) >= 11 is 0. The van der Waals surface area contributed by atoms with E-state index in [-0.39, 0.29) is 120 Å². The van der Waals surface area contributed by atoms with Gasteiger partial charge in [-0.25, -0.2) is 33.6 Å². The van der Waals surface area contributed by atoms with Crippen LogP contribution in [0.1, 0.15) is 103 Å². The molecule has 8 aromatic rings. The second-order valence-electron chi connectivity index (χ2n) is 17.9. The van der Waals surface area contributed by atoms with Gasteiger partial charge in [0, 0.05) is 46.1 Å². The number of aromatic hydroxyl groups is 1. The fraction of sp³-hybridized carbons (Fsp3) is 0.275. The van der Waals surface area contributed by atoms with Crippen LogP contribution in [0.25, 0.3) is 0 Å². The summed E-state index contributed by atoms with van der Waals surface area (Å²) in [5.74, 6) is -1.37. The molecule has 1 amide bonds. The Labute approximate surface area is 559 Å². The molecule has 0 aliphatic heterocycles. The van der Waals surface area contributed by atoms with Crippen molar-refractivity contribution in [2.45, 2.75) is 19.3 Å². The first-order chi connectivity index (χ1) is 47.0.